The Morgan fingerprint density at radius 1 is 1.33 bits per heavy atom. The van der Waals surface area contributed by atoms with Crippen LogP contribution in [0.15, 0.2) is 23.1 Å². The molecule has 0 aliphatic rings. The first kappa shape index (κ1) is 17.1. The standard InChI is InChI=1S/C13H18N2O5S/c1-8-9(11(16)17)5-4-6-10(8)21(19,20)15-7-13(2,3)12(14)18/h4-6,15H,7H2,1-3H3,(H2,14,18)(H,16,17). The molecule has 0 saturated heterocycles. The van der Waals surface area contributed by atoms with Crippen molar-refractivity contribution in [1.82, 2.24) is 4.72 Å². The molecule has 0 aliphatic carbocycles. The van der Waals surface area contributed by atoms with Gasteiger partial charge < -0.3 is 10.8 Å². The second-order valence-electron chi connectivity index (χ2n) is 5.31. The van der Waals surface area contributed by atoms with E-state index in [2.05, 4.69) is 4.72 Å². The van der Waals surface area contributed by atoms with Crippen LogP contribution in [0.2, 0.25) is 0 Å². The van der Waals surface area contributed by atoms with E-state index in [1.807, 2.05) is 0 Å². The maximum atomic E-state index is 12.2. The molecule has 0 bridgehead atoms. The van der Waals surface area contributed by atoms with Gasteiger partial charge in [-0.05, 0) is 38.5 Å². The van der Waals surface area contributed by atoms with Crippen molar-refractivity contribution in [2.45, 2.75) is 25.7 Å². The largest absolute Gasteiger partial charge is 0.478 e. The third-order valence-electron chi connectivity index (χ3n) is 3.18. The molecule has 8 heteroatoms. The fourth-order valence-corrected chi connectivity index (χ4v) is 3.05. The Hall–Kier alpha value is -1.93. The fraction of sp³-hybridized carbons (Fsp3) is 0.385. The Balaban J connectivity index is 3.13. The number of benzene rings is 1. The van der Waals surface area contributed by atoms with Gasteiger partial charge in [0.1, 0.15) is 0 Å². The van der Waals surface area contributed by atoms with E-state index < -0.39 is 27.3 Å². The van der Waals surface area contributed by atoms with Crippen LogP contribution in [0, 0.1) is 12.3 Å². The van der Waals surface area contributed by atoms with Gasteiger partial charge in [-0.2, -0.15) is 0 Å². The topological polar surface area (TPSA) is 127 Å². The molecule has 4 N–H and O–H groups in total. The summed E-state index contributed by atoms with van der Waals surface area (Å²) < 4.78 is 26.8. The predicted octanol–water partition coefficient (Wildman–Crippen LogP) is 0.483. The fourth-order valence-electron chi connectivity index (χ4n) is 1.58. The van der Waals surface area contributed by atoms with Crippen LogP contribution in [-0.4, -0.2) is 31.9 Å². The summed E-state index contributed by atoms with van der Waals surface area (Å²) in [6.07, 6.45) is 0. The number of primary amides is 1. The lowest BCUT2D eigenvalue weighted by molar-refractivity contribution is -0.125. The highest BCUT2D eigenvalue weighted by atomic mass is 32.2. The van der Waals surface area contributed by atoms with Crippen LogP contribution in [0.3, 0.4) is 0 Å². The summed E-state index contributed by atoms with van der Waals surface area (Å²) in [6, 6.07) is 3.98. The van der Waals surface area contributed by atoms with Gasteiger partial charge >= 0.3 is 5.97 Å². The number of carboxylic acid groups (broad SMARTS) is 1. The predicted molar refractivity (Wildman–Crippen MR) is 76.3 cm³/mol. The van der Waals surface area contributed by atoms with Gasteiger partial charge in [0, 0.05) is 6.54 Å². The normalized spacial score (nSPS) is 12.1. The molecule has 1 rings (SSSR count). The Bertz CT molecular complexity index is 680. The minimum absolute atomic E-state index is 0.0907. The first-order chi connectivity index (χ1) is 9.49. The van der Waals surface area contributed by atoms with E-state index in [0.717, 1.165) is 0 Å². The first-order valence-corrected chi connectivity index (χ1v) is 7.60. The average Bonchev–Trinajstić information content (AvgIpc) is 2.36. The van der Waals surface area contributed by atoms with Crippen LogP contribution >= 0.6 is 0 Å². The van der Waals surface area contributed by atoms with Crippen LogP contribution in [0.5, 0.6) is 0 Å². The van der Waals surface area contributed by atoms with Crippen molar-refractivity contribution >= 4 is 21.9 Å². The quantitative estimate of drug-likeness (QED) is 0.704. The average molecular weight is 314 g/mol. The number of nitrogens with two attached hydrogens (primary N) is 1. The van der Waals surface area contributed by atoms with E-state index >= 15 is 0 Å². The zero-order valence-electron chi connectivity index (χ0n) is 12.0. The number of carbonyl (C=O) groups is 2. The molecular formula is C13H18N2O5S. The van der Waals surface area contributed by atoms with Gasteiger partial charge in [-0.25, -0.2) is 17.9 Å². The van der Waals surface area contributed by atoms with Gasteiger partial charge in [0.15, 0.2) is 0 Å². The van der Waals surface area contributed by atoms with E-state index in [1.165, 1.54) is 39.0 Å². The van der Waals surface area contributed by atoms with E-state index in [1.54, 1.807) is 0 Å². The number of sulfonamides is 1. The van der Waals surface area contributed by atoms with Gasteiger partial charge in [-0.1, -0.05) is 6.07 Å². The van der Waals surface area contributed by atoms with Gasteiger partial charge in [-0.15, -0.1) is 0 Å². The highest BCUT2D eigenvalue weighted by Gasteiger charge is 2.28. The van der Waals surface area contributed by atoms with E-state index in [0.29, 0.717) is 0 Å². The lowest BCUT2D eigenvalue weighted by Crippen LogP contribution is -2.42. The summed E-state index contributed by atoms with van der Waals surface area (Å²) in [5.74, 6) is -1.84. The molecule has 0 fully saturated rings. The van der Waals surface area contributed by atoms with Gasteiger partial charge in [0.2, 0.25) is 15.9 Å². The third-order valence-corrected chi connectivity index (χ3v) is 4.72. The van der Waals surface area contributed by atoms with Crippen molar-refractivity contribution in [2.75, 3.05) is 6.54 Å². The van der Waals surface area contributed by atoms with E-state index in [9.17, 15) is 18.0 Å². The highest BCUT2D eigenvalue weighted by Crippen LogP contribution is 2.20. The second kappa shape index (κ2) is 5.82. The molecule has 1 amide bonds. The number of carbonyl (C=O) groups excluding carboxylic acids is 1. The third kappa shape index (κ3) is 3.79. The van der Waals surface area contributed by atoms with Crippen LogP contribution in [0.4, 0.5) is 0 Å². The summed E-state index contributed by atoms with van der Waals surface area (Å²) >= 11 is 0. The molecule has 21 heavy (non-hydrogen) atoms. The molecule has 116 valence electrons. The molecule has 0 unspecified atom stereocenters. The number of amides is 1. The molecule has 0 heterocycles. The Morgan fingerprint density at radius 3 is 2.38 bits per heavy atom. The second-order valence-corrected chi connectivity index (χ2v) is 7.04. The number of hydrogen-bond acceptors (Lipinski definition) is 4. The molecule has 1 aromatic rings. The molecule has 0 spiro atoms. The van der Waals surface area contributed by atoms with Gasteiger partial charge in [0.05, 0.1) is 15.9 Å². The number of carboxylic acids is 1. The Kier molecular flexibility index (Phi) is 4.75. The Labute approximate surface area is 123 Å². The summed E-state index contributed by atoms with van der Waals surface area (Å²) in [5.41, 5.74) is 4.17. The first-order valence-electron chi connectivity index (χ1n) is 6.11. The van der Waals surface area contributed by atoms with Crippen molar-refractivity contribution < 1.29 is 23.1 Å². The minimum Gasteiger partial charge on any atom is -0.478 e. The van der Waals surface area contributed by atoms with Crippen molar-refractivity contribution in [3.8, 4) is 0 Å². The van der Waals surface area contributed by atoms with E-state index in [4.69, 9.17) is 10.8 Å². The molecule has 1 aromatic carbocycles. The van der Waals surface area contributed by atoms with Gasteiger partial charge in [-0.3, -0.25) is 4.79 Å². The summed E-state index contributed by atoms with van der Waals surface area (Å²) in [4.78, 5) is 22.1. The lowest BCUT2D eigenvalue weighted by atomic mass is 9.93. The number of hydrogen-bond donors (Lipinski definition) is 3. The van der Waals surface area contributed by atoms with Crippen molar-refractivity contribution in [2.24, 2.45) is 11.1 Å². The van der Waals surface area contributed by atoms with E-state index in [-0.39, 0.29) is 22.6 Å². The molecular weight excluding hydrogens is 296 g/mol. The van der Waals surface area contributed by atoms with Crippen LogP contribution in [0.1, 0.15) is 29.8 Å². The van der Waals surface area contributed by atoms with Crippen LogP contribution in [0.25, 0.3) is 0 Å². The van der Waals surface area contributed by atoms with Crippen LogP contribution < -0.4 is 10.5 Å². The summed E-state index contributed by atoms with van der Waals surface area (Å²) in [7, 11) is -3.93. The molecule has 0 saturated carbocycles. The van der Waals surface area contributed by atoms with Crippen molar-refractivity contribution in [1.29, 1.82) is 0 Å². The highest BCUT2D eigenvalue weighted by molar-refractivity contribution is 7.89. The molecule has 0 radical (unpaired) electrons. The summed E-state index contributed by atoms with van der Waals surface area (Å²) in [6.45, 7) is 4.26. The SMILES string of the molecule is Cc1c(C(=O)O)cccc1S(=O)(=O)NCC(C)(C)C(N)=O. The molecule has 0 aromatic heterocycles. The maximum absolute atomic E-state index is 12.2. The van der Waals surface area contributed by atoms with Crippen molar-refractivity contribution in [3.05, 3.63) is 29.3 Å². The Morgan fingerprint density at radius 2 is 1.90 bits per heavy atom. The molecule has 7 nitrogen and oxygen atoms in total. The zero-order valence-corrected chi connectivity index (χ0v) is 12.8. The number of aromatic carboxylic acids is 1. The molecule has 0 aliphatic heterocycles. The van der Waals surface area contributed by atoms with Crippen LogP contribution in [-0.2, 0) is 14.8 Å². The maximum Gasteiger partial charge on any atom is 0.335 e. The zero-order chi connectivity index (χ0) is 16.4. The van der Waals surface area contributed by atoms with Gasteiger partial charge in [0.25, 0.3) is 0 Å². The van der Waals surface area contributed by atoms with Crippen molar-refractivity contribution in [3.63, 3.8) is 0 Å². The number of rotatable bonds is 6. The monoisotopic (exact) mass is 314 g/mol. The molecule has 0 atom stereocenters. The smallest absolute Gasteiger partial charge is 0.335 e. The number of nitrogens with one attached hydrogen (secondary N) is 1. The lowest BCUT2D eigenvalue weighted by Gasteiger charge is -2.21. The minimum atomic E-state index is -3.93. The summed E-state index contributed by atoms with van der Waals surface area (Å²) in [5, 5.41) is 9.01.